The SMILES string of the molecule is CC(=O)Nc1ccc(S(=O)(=O)[O-])c(C)c1.[Na+]. The molecule has 7 heteroatoms. The fraction of sp³-hybridized carbons (Fsp3) is 0.222. The maximum Gasteiger partial charge on any atom is 1.00 e. The van der Waals surface area contributed by atoms with Crippen LogP contribution in [-0.2, 0) is 14.9 Å². The van der Waals surface area contributed by atoms with Crippen molar-refractivity contribution >= 4 is 21.7 Å². The fourth-order valence-corrected chi connectivity index (χ4v) is 1.90. The van der Waals surface area contributed by atoms with Gasteiger partial charge in [0.15, 0.2) is 0 Å². The van der Waals surface area contributed by atoms with Crippen molar-refractivity contribution in [3.05, 3.63) is 23.8 Å². The second-order valence-corrected chi connectivity index (χ2v) is 4.46. The summed E-state index contributed by atoms with van der Waals surface area (Å²) in [6, 6.07) is 3.99. The number of anilines is 1. The molecule has 0 bridgehead atoms. The van der Waals surface area contributed by atoms with E-state index >= 15 is 0 Å². The van der Waals surface area contributed by atoms with E-state index in [4.69, 9.17) is 0 Å². The van der Waals surface area contributed by atoms with Crippen LogP contribution in [0.25, 0.3) is 0 Å². The molecule has 82 valence electrons. The molecule has 0 saturated carbocycles. The summed E-state index contributed by atoms with van der Waals surface area (Å²) >= 11 is 0. The summed E-state index contributed by atoms with van der Waals surface area (Å²) in [5, 5.41) is 2.49. The first-order chi connectivity index (χ1) is 6.80. The van der Waals surface area contributed by atoms with E-state index in [0.717, 1.165) is 0 Å². The summed E-state index contributed by atoms with van der Waals surface area (Å²) in [5.41, 5.74) is 0.781. The van der Waals surface area contributed by atoms with Crippen LogP contribution in [0.4, 0.5) is 5.69 Å². The monoisotopic (exact) mass is 251 g/mol. The largest absolute Gasteiger partial charge is 1.00 e. The molecule has 16 heavy (non-hydrogen) atoms. The molecule has 1 amide bonds. The van der Waals surface area contributed by atoms with E-state index in [1.807, 2.05) is 0 Å². The standard InChI is InChI=1S/C9H11NO4S.Na/c1-6-5-8(10-7(2)11)3-4-9(6)15(12,13)14;/h3-5H,1-2H3,(H,10,11)(H,12,13,14);/q;+1/p-1. The number of benzene rings is 1. The zero-order valence-electron chi connectivity index (χ0n) is 9.27. The Morgan fingerprint density at radius 1 is 1.38 bits per heavy atom. The van der Waals surface area contributed by atoms with Gasteiger partial charge in [0.2, 0.25) is 5.91 Å². The van der Waals surface area contributed by atoms with Gasteiger partial charge in [-0.25, -0.2) is 8.42 Å². The number of rotatable bonds is 2. The summed E-state index contributed by atoms with van der Waals surface area (Å²) in [6.45, 7) is 2.84. The molecule has 1 aromatic carbocycles. The molecule has 0 aliphatic carbocycles. The zero-order valence-corrected chi connectivity index (χ0v) is 12.1. The molecule has 0 spiro atoms. The Balaban J connectivity index is 0.00000225. The van der Waals surface area contributed by atoms with E-state index in [1.54, 1.807) is 0 Å². The van der Waals surface area contributed by atoms with Crippen LogP contribution in [0.3, 0.4) is 0 Å². The molecule has 0 radical (unpaired) electrons. The molecule has 0 atom stereocenters. The third kappa shape index (κ3) is 4.23. The molecule has 0 heterocycles. The Morgan fingerprint density at radius 2 is 1.94 bits per heavy atom. The van der Waals surface area contributed by atoms with E-state index in [-0.39, 0.29) is 40.4 Å². The van der Waals surface area contributed by atoms with Crippen LogP contribution in [0.2, 0.25) is 0 Å². The molecule has 0 aliphatic rings. The zero-order chi connectivity index (χ0) is 11.6. The Labute approximate surface area is 116 Å². The number of carbonyl (C=O) groups excluding carboxylic acids is 1. The van der Waals surface area contributed by atoms with Gasteiger partial charge in [0, 0.05) is 12.6 Å². The van der Waals surface area contributed by atoms with Gasteiger partial charge in [0.1, 0.15) is 10.1 Å². The first kappa shape index (κ1) is 15.6. The number of aryl methyl sites for hydroxylation is 1. The van der Waals surface area contributed by atoms with Gasteiger partial charge in [0.25, 0.3) is 0 Å². The summed E-state index contributed by atoms with van der Waals surface area (Å²) in [7, 11) is -4.44. The third-order valence-corrected chi connectivity index (χ3v) is 2.76. The normalized spacial score (nSPS) is 10.4. The third-order valence-electron chi connectivity index (χ3n) is 1.76. The van der Waals surface area contributed by atoms with E-state index in [9.17, 15) is 17.8 Å². The summed E-state index contributed by atoms with van der Waals surface area (Å²) in [5.74, 6) is -0.257. The van der Waals surface area contributed by atoms with E-state index in [1.165, 1.54) is 32.0 Å². The maximum atomic E-state index is 10.7. The van der Waals surface area contributed by atoms with Crippen molar-refractivity contribution in [2.45, 2.75) is 18.7 Å². The van der Waals surface area contributed by atoms with Crippen LogP contribution in [0.15, 0.2) is 23.1 Å². The molecule has 1 rings (SSSR count). The molecule has 1 aromatic rings. The first-order valence-corrected chi connectivity index (χ1v) is 5.55. The number of hydrogen-bond donors (Lipinski definition) is 1. The average molecular weight is 251 g/mol. The Kier molecular flexibility index (Phi) is 5.64. The van der Waals surface area contributed by atoms with E-state index < -0.39 is 10.1 Å². The minimum atomic E-state index is -4.44. The van der Waals surface area contributed by atoms with Crippen LogP contribution >= 0.6 is 0 Å². The molecule has 0 unspecified atom stereocenters. The summed E-state index contributed by atoms with van der Waals surface area (Å²) in [4.78, 5) is 10.4. The molecule has 5 nitrogen and oxygen atoms in total. The molecular formula is C9H10NNaO4S. The van der Waals surface area contributed by atoms with Crippen LogP contribution in [0.5, 0.6) is 0 Å². The van der Waals surface area contributed by atoms with Gasteiger partial charge in [-0.15, -0.1) is 0 Å². The van der Waals surface area contributed by atoms with Gasteiger partial charge in [-0.2, -0.15) is 0 Å². The van der Waals surface area contributed by atoms with Crippen LogP contribution < -0.4 is 34.9 Å². The summed E-state index contributed by atoms with van der Waals surface area (Å²) in [6.07, 6.45) is 0. The second-order valence-electron chi connectivity index (χ2n) is 3.12. The van der Waals surface area contributed by atoms with Gasteiger partial charge in [0.05, 0.1) is 4.90 Å². The first-order valence-electron chi connectivity index (χ1n) is 4.15. The van der Waals surface area contributed by atoms with Crippen molar-refractivity contribution in [2.75, 3.05) is 5.32 Å². The quantitative estimate of drug-likeness (QED) is 0.480. The number of hydrogen-bond acceptors (Lipinski definition) is 4. The molecule has 0 aliphatic heterocycles. The Morgan fingerprint density at radius 3 is 2.31 bits per heavy atom. The maximum absolute atomic E-state index is 10.7. The smallest absolute Gasteiger partial charge is 0.744 e. The summed E-state index contributed by atoms with van der Waals surface area (Å²) < 4.78 is 32.2. The van der Waals surface area contributed by atoms with Gasteiger partial charge in [-0.05, 0) is 30.7 Å². The Hall–Kier alpha value is -0.400. The number of amides is 1. The van der Waals surface area contributed by atoms with Crippen molar-refractivity contribution < 1.29 is 47.3 Å². The van der Waals surface area contributed by atoms with Crippen LogP contribution in [0, 0.1) is 6.92 Å². The van der Waals surface area contributed by atoms with Crippen molar-refractivity contribution in [3.8, 4) is 0 Å². The number of nitrogens with one attached hydrogen (secondary N) is 1. The van der Waals surface area contributed by atoms with E-state index in [0.29, 0.717) is 11.3 Å². The molecule has 0 fully saturated rings. The molecule has 1 N–H and O–H groups in total. The molecular weight excluding hydrogens is 241 g/mol. The van der Waals surface area contributed by atoms with Crippen molar-refractivity contribution in [1.29, 1.82) is 0 Å². The van der Waals surface area contributed by atoms with Crippen LogP contribution in [0.1, 0.15) is 12.5 Å². The molecule has 0 saturated heterocycles. The van der Waals surface area contributed by atoms with Gasteiger partial charge in [-0.1, -0.05) is 0 Å². The fourth-order valence-electron chi connectivity index (χ4n) is 1.21. The van der Waals surface area contributed by atoms with Crippen molar-refractivity contribution in [1.82, 2.24) is 0 Å². The molecule has 0 aromatic heterocycles. The van der Waals surface area contributed by atoms with Gasteiger partial charge >= 0.3 is 29.6 Å². The Bertz CT molecular complexity index is 498. The topological polar surface area (TPSA) is 86.3 Å². The van der Waals surface area contributed by atoms with Crippen molar-refractivity contribution in [3.63, 3.8) is 0 Å². The predicted molar refractivity (Wildman–Crippen MR) is 53.4 cm³/mol. The minimum Gasteiger partial charge on any atom is -0.744 e. The van der Waals surface area contributed by atoms with Gasteiger partial charge in [-0.3, -0.25) is 4.79 Å². The number of carbonyl (C=O) groups is 1. The van der Waals surface area contributed by atoms with Crippen LogP contribution in [-0.4, -0.2) is 18.9 Å². The average Bonchev–Trinajstić information content (AvgIpc) is 1.99. The van der Waals surface area contributed by atoms with Gasteiger partial charge < -0.3 is 9.87 Å². The predicted octanol–water partition coefficient (Wildman–Crippen LogP) is -2.14. The second kappa shape index (κ2) is 5.79. The van der Waals surface area contributed by atoms with E-state index in [2.05, 4.69) is 5.32 Å². The minimum absolute atomic E-state index is 0. The van der Waals surface area contributed by atoms with Crippen molar-refractivity contribution in [2.24, 2.45) is 0 Å².